The first kappa shape index (κ1) is 49.3. The minimum atomic E-state index is -0.544. The normalized spacial score (nSPS) is 12.4. The predicted molar refractivity (Wildman–Crippen MR) is 263 cm³/mol. The number of ether oxygens (including phenoxy) is 1. The van der Waals surface area contributed by atoms with E-state index in [1.807, 2.05) is 146 Å². The van der Waals surface area contributed by atoms with Gasteiger partial charge in [0.1, 0.15) is 11.4 Å². The van der Waals surface area contributed by atoms with Gasteiger partial charge in [-0.1, -0.05) is 158 Å². The lowest BCUT2D eigenvalue weighted by Crippen LogP contribution is -2.37. The van der Waals surface area contributed by atoms with Crippen molar-refractivity contribution in [1.29, 1.82) is 0 Å². The number of nitrogens with zero attached hydrogens (tertiary/aromatic N) is 2. The maximum atomic E-state index is 13.0. The Morgan fingerprint density at radius 3 is 1.26 bits per heavy atom. The van der Waals surface area contributed by atoms with Crippen molar-refractivity contribution in [2.75, 3.05) is 33.3 Å². The van der Waals surface area contributed by atoms with Crippen molar-refractivity contribution in [2.24, 2.45) is 15.7 Å². The number of methoxy groups -OCH3 is 1. The van der Waals surface area contributed by atoms with E-state index in [1.54, 1.807) is 24.3 Å². The van der Waals surface area contributed by atoms with E-state index in [-0.39, 0.29) is 46.9 Å². The van der Waals surface area contributed by atoms with E-state index in [4.69, 9.17) is 5.73 Å². The zero-order valence-electron chi connectivity index (χ0n) is 37.8. The van der Waals surface area contributed by atoms with Crippen molar-refractivity contribution in [3.63, 3.8) is 0 Å². The van der Waals surface area contributed by atoms with Crippen LogP contribution in [0.4, 0.5) is 0 Å². The summed E-state index contributed by atoms with van der Waals surface area (Å²) in [5.41, 5.74) is 12.4. The Labute approximate surface area is 396 Å². The molecule has 0 radical (unpaired) electrons. The monoisotopic (exact) mass is 910 g/mol. The van der Waals surface area contributed by atoms with E-state index in [0.717, 1.165) is 39.8 Å². The number of hydrogen-bond donors (Lipinski definition) is 4. The number of fused-ring (bicyclic) bond motifs is 2. The molecule has 0 bridgehead atoms. The molecule has 0 aromatic heterocycles. The average Bonchev–Trinajstić information content (AvgIpc) is 3.38. The zero-order valence-corrected chi connectivity index (χ0v) is 37.8. The van der Waals surface area contributed by atoms with E-state index in [0.29, 0.717) is 56.6 Å². The molecule has 346 valence electrons. The summed E-state index contributed by atoms with van der Waals surface area (Å²) in [5.74, 6) is -2.39. The molecule has 6 aromatic carbocycles. The van der Waals surface area contributed by atoms with Gasteiger partial charge in [-0.05, 0) is 64.9 Å². The standard InChI is InChI=1S/C27H25N3O3.C17H20N2O.C11H9NO3/c31-25-22-15-8-7-14-21(22)18-23(30-25)26(32)28-16-9-17-29-27(33)24(19-10-3-1-4-11-19)20-12-5-2-6-13-20;18-12-7-13-19-17(20)16(14-8-3-1-4-9-14)15-10-5-2-6-11-15;1-15-11(14)9-6-7-4-2-3-5-8(7)10(13)12-9/h1-8,10-15,24H,9,16-18H2,(H,28,32)(H,29,33);1-6,8-11,16H,7,12-13,18H2,(H,19,20);2-5H,6H2,1H3. The van der Waals surface area contributed by atoms with Crippen molar-refractivity contribution in [2.45, 2.75) is 37.5 Å². The van der Waals surface area contributed by atoms with Crippen LogP contribution >= 0.6 is 0 Å². The lowest BCUT2D eigenvalue weighted by atomic mass is 9.90. The van der Waals surface area contributed by atoms with Gasteiger partial charge in [-0.2, -0.15) is 0 Å². The summed E-state index contributed by atoms with van der Waals surface area (Å²) in [6.07, 6.45) is 2.04. The van der Waals surface area contributed by atoms with Crippen LogP contribution in [0.5, 0.6) is 0 Å². The Morgan fingerprint density at radius 2 is 0.853 bits per heavy atom. The Hall–Kier alpha value is -8.16. The number of hydrogen-bond acceptors (Lipinski definition) is 8. The lowest BCUT2D eigenvalue weighted by Gasteiger charge is -2.18. The summed E-state index contributed by atoms with van der Waals surface area (Å²) in [4.78, 5) is 80.4. The van der Waals surface area contributed by atoms with Crippen LogP contribution < -0.4 is 21.7 Å². The van der Waals surface area contributed by atoms with Crippen LogP contribution in [0.3, 0.4) is 0 Å². The van der Waals surface area contributed by atoms with Crippen LogP contribution in [0.1, 0.15) is 78.8 Å². The molecule has 2 aliphatic rings. The van der Waals surface area contributed by atoms with Crippen LogP contribution in [0.25, 0.3) is 0 Å². The number of esters is 1. The van der Waals surface area contributed by atoms with Crippen molar-refractivity contribution in [1.82, 2.24) is 16.0 Å². The van der Waals surface area contributed by atoms with Crippen molar-refractivity contribution < 1.29 is 33.5 Å². The van der Waals surface area contributed by atoms with Crippen molar-refractivity contribution in [3.05, 3.63) is 214 Å². The van der Waals surface area contributed by atoms with E-state index in [2.05, 4.69) is 30.7 Å². The molecule has 0 fully saturated rings. The predicted octanol–water partition coefficient (Wildman–Crippen LogP) is 6.56. The number of carbonyl (C=O) groups excluding carboxylic acids is 6. The molecule has 13 heteroatoms. The van der Waals surface area contributed by atoms with E-state index in [9.17, 15) is 28.8 Å². The largest absolute Gasteiger partial charge is 0.465 e. The fourth-order valence-electron chi connectivity index (χ4n) is 7.63. The summed E-state index contributed by atoms with van der Waals surface area (Å²) < 4.78 is 4.53. The Morgan fingerprint density at radius 1 is 0.500 bits per heavy atom. The fourth-order valence-corrected chi connectivity index (χ4v) is 7.63. The molecule has 2 heterocycles. The Balaban J connectivity index is 0.000000184. The van der Waals surface area contributed by atoms with Crippen molar-refractivity contribution in [3.8, 4) is 0 Å². The number of amides is 5. The van der Waals surface area contributed by atoms with Crippen LogP contribution in [0.15, 0.2) is 180 Å². The molecule has 0 saturated heterocycles. The van der Waals surface area contributed by atoms with Crippen LogP contribution in [-0.2, 0) is 36.8 Å². The van der Waals surface area contributed by atoms with Gasteiger partial charge in [0, 0.05) is 43.6 Å². The molecule has 68 heavy (non-hydrogen) atoms. The highest BCUT2D eigenvalue weighted by atomic mass is 16.5. The third-order valence-electron chi connectivity index (χ3n) is 11.0. The first-order chi connectivity index (χ1) is 33.2. The van der Waals surface area contributed by atoms with Gasteiger partial charge in [-0.15, -0.1) is 0 Å². The molecule has 0 unspecified atom stereocenters. The molecule has 0 aliphatic carbocycles. The quantitative estimate of drug-likeness (QED) is 0.0656. The van der Waals surface area contributed by atoms with Gasteiger partial charge in [-0.3, -0.25) is 24.0 Å². The van der Waals surface area contributed by atoms with Gasteiger partial charge in [0.05, 0.1) is 18.9 Å². The second-order valence-electron chi connectivity index (χ2n) is 15.7. The minimum absolute atomic E-state index is 0.0239. The molecule has 2 aliphatic heterocycles. The maximum Gasteiger partial charge on any atom is 0.352 e. The van der Waals surface area contributed by atoms with Gasteiger partial charge in [-0.25, -0.2) is 14.8 Å². The summed E-state index contributed by atoms with van der Waals surface area (Å²) in [6, 6.07) is 53.3. The SMILES string of the molecule is COC(=O)C1=NC(=O)c2ccccc2C1.NCCCNC(=O)C(c1ccccc1)c1ccccc1.O=C(NCCCNC(=O)C(c1ccccc1)c1ccccc1)C1=NC(=O)c2ccccc2C1. The highest BCUT2D eigenvalue weighted by Crippen LogP contribution is 2.26. The number of carbonyl (C=O) groups is 6. The molecule has 13 nitrogen and oxygen atoms in total. The van der Waals surface area contributed by atoms with Gasteiger partial charge < -0.3 is 26.4 Å². The molecule has 0 spiro atoms. The maximum absolute atomic E-state index is 13.0. The molecule has 5 amide bonds. The summed E-state index contributed by atoms with van der Waals surface area (Å²) in [5, 5.41) is 8.74. The molecule has 5 N–H and O–H groups in total. The van der Waals surface area contributed by atoms with Gasteiger partial charge in [0.15, 0.2) is 0 Å². The molecule has 0 atom stereocenters. The van der Waals surface area contributed by atoms with Gasteiger partial charge >= 0.3 is 5.97 Å². The summed E-state index contributed by atoms with van der Waals surface area (Å²) >= 11 is 0. The third-order valence-corrected chi connectivity index (χ3v) is 11.0. The first-order valence-corrected chi connectivity index (χ1v) is 22.4. The van der Waals surface area contributed by atoms with Gasteiger partial charge in [0.2, 0.25) is 11.8 Å². The second-order valence-corrected chi connectivity index (χ2v) is 15.7. The van der Waals surface area contributed by atoms with E-state index in [1.165, 1.54) is 7.11 Å². The third kappa shape index (κ3) is 13.7. The smallest absolute Gasteiger partial charge is 0.352 e. The lowest BCUT2D eigenvalue weighted by molar-refractivity contribution is -0.133. The van der Waals surface area contributed by atoms with Crippen LogP contribution in [-0.4, -0.2) is 80.2 Å². The number of benzene rings is 6. The number of nitrogens with one attached hydrogen (secondary N) is 3. The highest BCUT2D eigenvalue weighted by Gasteiger charge is 2.26. The number of rotatable bonds is 15. The summed E-state index contributed by atoms with van der Waals surface area (Å²) in [6.45, 7) is 1.99. The zero-order chi connectivity index (χ0) is 48.1. The average molecular weight is 911 g/mol. The molecular weight excluding hydrogens is 857 g/mol. The molecular formula is C55H54N6O7. The molecule has 0 saturated carbocycles. The number of aliphatic imine (C=N–C) groups is 2. The Bertz CT molecular complexity index is 2650. The molecule has 6 aromatic rings. The van der Waals surface area contributed by atoms with Crippen molar-refractivity contribution >= 4 is 46.9 Å². The number of nitrogens with two attached hydrogens (primary N) is 1. The second kappa shape index (κ2) is 25.5. The highest BCUT2D eigenvalue weighted by molar-refractivity contribution is 6.42. The Kier molecular flexibility index (Phi) is 18.5. The van der Waals surface area contributed by atoms with Crippen LogP contribution in [0, 0.1) is 0 Å². The fraction of sp³-hybridized carbons (Fsp3) is 0.200. The van der Waals surface area contributed by atoms with Gasteiger partial charge in [0.25, 0.3) is 17.7 Å². The van der Waals surface area contributed by atoms with E-state index >= 15 is 0 Å². The summed E-state index contributed by atoms with van der Waals surface area (Å²) in [7, 11) is 1.27. The first-order valence-electron chi connectivity index (χ1n) is 22.4. The molecule has 8 rings (SSSR count). The van der Waals surface area contributed by atoms with E-state index < -0.39 is 11.9 Å². The van der Waals surface area contributed by atoms with Crippen LogP contribution in [0.2, 0.25) is 0 Å². The minimum Gasteiger partial charge on any atom is -0.465 e. The topological polar surface area (TPSA) is 198 Å².